The smallest absolute Gasteiger partial charge is 0.238 e. The van der Waals surface area contributed by atoms with Crippen molar-refractivity contribution in [2.24, 2.45) is 5.14 Å². The van der Waals surface area contributed by atoms with Gasteiger partial charge in [-0.3, -0.25) is 0 Å². The number of nitrogens with zero attached hydrogens (tertiary/aromatic N) is 1. The van der Waals surface area contributed by atoms with Crippen molar-refractivity contribution in [1.82, 2.24) is 0 Å². The summed E-state index contributed by atoms with van der Waals surface area (Å²) in [5.41, 5.74) is 7.04. The highest BCUT2D eigenvalue weighted by molar-refractivity contribution is 7.89. The number of primary sulfonamides is 1. The Labute approximate surface area is 118 Å². The monoisotopic (exact) mass is 295 g/mol. The molecule has 6 nitrogen and oxygen atoms in total. The molecule has 2 aromatic rings. The first-order valence-corrected chi connectivity index (χ1v) is 7.66. The molecule has 0 spiro atoms. The maximum absolute atomic E-state index is 11.3. The van der Waals surface area contributed by atoms with Crippen LogP contribution in [0.4, 0.5) is 11.4 Å². The molecule has 2 rings (SSSR count). The van der Waals surface area contributed by atoms with Crippen LogP contribution in [-0.4, -0.2) is 15.0 Å². The Balaban J connectivity index is 2.31. The van der Waals surface area contributed by atoms with Crippen LogP contribution < -0.4 is 15.8 Å². The van der Waals surface area contributed by atoms with Crippen LogP contribution >= 0.6 is 0 Å². The topological polar surface area (TPSA) is 103 Å². The van der Waals surface area contributed by atoms with Gasteiger partial charge in [0.1, 0.15) is 5.76 Å². The SMILES string of the molecule is CCN(Cc1ccco1)c1ccc(S(N)(=O)=O)cc1N. The summed E-state index contributed by atoms with van der Waals surface area (Å²) in [5.74, 6) is 0.807. The molecule has 1 aromatic carbocycles. The van der Waals surface area contributed by atoms with E-state index in [1.54, 1.807) is 12.3 Å². The molecule has 0 aliphatic carbocycles. The molecule has 0 aliphatic heterocycles. The van der Waals surface area contributed by atoms with Crippen LogP contribution in [0.25, 0.3) is 0 Å². The van der Waals surface area contributed by atoms with Crippen molar-refractivity contribution in [3.05, 3.63) is 42.4 Å². The molecule has 4 N–H and O–H groups in total. The van der Waals surface area contributed by atoms with Gasteiger partial charge in [0.25, 0.3) is 0 Å². The van der Waals surface area contributed by atoms with Gasteiger partial charge in [-0.05, 0) is 37.3 Å². The highest BCUT2D eigenvalue weighted by Crippen LogP contribution is 2.27. The second kappa shape index (κ2) is 5.56. The normalized spacial score (nSPS) is 11.5. The van der Waals surface area contributed by atoms with Crippen LogP contribution in [0.2, 0.25) is 0 Å². The summed E-state index contributed by atoms with van der Waals surface area (Å²) in [6.07, 6.45) is 1.61. The summed E-state index contributed by atoms with van der Waals surface area (Å²) in [6, 6.07) is 8.16. The van der Waals surface area contributed by atoms with Crippen LogP contribution in [0.15, 0.2) is 45.9 Å². The van der Waals surface area contributed by atoms with Crippen LogP contribution in [0.3, 0.4) is 0 Å². The van der Waals surface area contributed by atoms with Crippen molar-refractivity contribution in [2.45, 2.75) is 18.4 Å². The highest BCUT2D eigenvalue weighted by Gasteiger charge is 2.14. The van der Waals surface area contributed by atoms with Crippen molar-refractivity contribution in [1.29, 1.82) is 0 Å². The minimum Gasteiger partial charge on any atom is -0.467 e. The quantitative estimate of drug-likeness (QED) is 0.814. The Morgan fingerprint density at radius 2 is 2.05 bits per heavy atom. The summed E-state index contributed by atoms with van der Waals surface area (Å²) in [6.45, 7) is 3.25. The van der Waals surface area contributed by atoms with E-state index >= 15 is 0 Å². The molecule has 0 aliphatic rings. The lowest BCUT2D eigenvalue weighted by Crippen LogP contribution is -2.23. The molecule has 0 amide bonds. The Hall–Kier alpha value is -1.99. The molecular formula is C13H17N3O3S. The predicted octanol–water partition coefficient (Wildman–Crippen LogP) is 1.54. The zero-order valence-corrected chi connectivity index (χ0v) is 11.9. The minimum absolute atomic E-state index is 0.00722. The number of nitrogens with two attached hydrogens (primary N) is 2. The first-order valence-electron chi connectivity index (χ1n) is 6.11. The van der Waals surface area contributed by atoms with Gasteiger partial charge in [-0.25, -0.2) is 13.6 Å². The molecule has 0 bridgehead atoms. The molecule has 108 valence electrons. The first-order chi connectivity index (χ1) is 9.41. The standard InChI is InChI=1S/C13H17N3O3S/c1-2-16(9-10-4-3-7-19-10)13-6-5-11(8-12(13)14)20(15,17)18/h3-8H,2,9,14H2,1H3,(H2,15,17,18). The van der Waals surface area contributed by atoms with E-state index in [0.717, 1.165) is 11.4 Å². The van der Waals surface area contributed by atoms with E-state index in [1.807, 2.05) is 24.0 Å². The molecule has 0 atom stereocenters. The summed E-state index contributed by atoms with van der Waals surface area (Å²) in [4.78, 5) is 1.99. The number of rotatable bonds is 5. The minimum atomic E-state index is -3.74. The third-order valence-electron chi connectivity index (χ3n) is 2.98. The molecule has 1 aromatic heterocycles. The van der Waals surface area contributed by atoms with E-state index in [2.05, 4.69) is 0 Å². The lowest BCUT2D eigenvalue weighted by atomic mass is 10.2. The number of benzene rings is 1. The Morgan fingerprint density at radius 3 is 2.55 bits per heavy atom. The number of sulfonamides is 1. The van der Waals surface area contributed by atoms with Gasteiger partial charge in [-0.2, -0.15) is 0 Å². The number of anilines is 2. The van der Waals surface area contributed by atoms with Gasteiger partial charge in [0.05, 0.1) is 29.1 Å². The molecule has 0 fully saturated rings. The van der Waals surface area contributed by atoms with E-state index < -0.39 is 10.0 Å². The molecule has 1 heterocycles. The third-order valence-corrected chi connectivity index (χ3v) is 3.89. The van der Waals surface area contributed by atoms with E-state index in [1.165, 1.54) is 12.1 Å². The summed E-state index contributed by atoms with van der Waals surface area (Å²) >= 11 is 0. The maximum Gasteiger partial charge on any atom is 0.238 e. The van der Waals surface area contributed by atoms with Gasteiger partial charge in [0.15, 0.2) is 0 Å². The zero-order valence-electron chi connectivity index (χ0n) is 11.1. The van der Waals surface area contributed by atoms with Crippen molar-refractivity contribution in [3.63, 3.8) is 0 Å². The fourth-order valence-corrected chi connectivity index (χ4v) is 2.50. The maximum atomic E-state index is 11.3. The van der Waals surface area contributed by atoms with E-state index in [4.69, 9.17) is 15.3 Å². The Morgan fingerprint density at radius 1 is 1.30 bits per heavy atom. The molecule has 7 heteroatoms. The van der Waals surface area contributed by atoms with Crippen molar-refractivity contribution < 1.29 is 12.8 Å². The van der Waals surface area contributed by atoms with Crippen LogP contribution in [0.1, 0.15) is 12.7 Å². The number of furan rings is 1. The molecule has 0 radical (unpaired) electrons. The van der Waals surface area contributed by atoms with Gasteiger partial charge in [0, 0.05) is 6.54 Å². The van der Waals surface area contributed by atoms with Crippen molar-refractivity contribution >= 4 is 21.4 Å². The van der Waals surface area contributed by atoms with E-state index in [9.17, 15) is 8.42 Å². The van der Waals surface area contributed by atoms with Gasteiger partial charge in [-0.1, -0.05) is 0 Å². The second-order valence-electron chi connectivity index (χ2n) is 4.36. The lowest BCUT2D eigenvalue weighted by molar-refractivity contribution is 0.504. The van der Waals surface area contributed by atoms with Crippen LogP contribution in [0.5, 0.6) is 0 Å². The summed E-state index contributed by atoms with van der Waals surface area (Å²) in [5, 5.41) is 5.08. The second-order valence-corrected chi connectivity index (χ2v) is 5.92. The molecule has 20 heavy (non-hydrogen) atoms. The third kappa shape index (κ3) is 3.12. The number of hydrogen-bond acceptors (Lipinski definition) is 5. The van der Waals surface area contributed by atoms with Crippen molar-refractivity contribution in [3.8, 4) is 0 Å². The van der Waals surface area contributed by atoms with Gasteiger partial charge >= 0.3 is 0 Å². The average Bonchev–Trinajstić information content (AvgIpc) is 2.88. The summed E-state index contributed by atoms with van der Waals surface area (Å²) in [7, 11) is -3.74. The average molecular weight is 295 g/mol. The van der Waals surface area contributed by atoms with Crippen molar-refractivity contribution in [2.75, 3.05) is 17.2 Å². The molecule has 0 unspecified atom stereocenters. The van der Waals surface area contributed by atoms with Gasteiger partial charge in [-0.15, -0.1) is 0 Å². The molecule has 0 saturated heterocycles. The molecular weight excluding hydrogens is 278 g/mol. The number of hydrogen-bond donors (Lipinski definition) is 2. The van der Waals surface area contributed by atoms with E-state index in [-0.39, 0.29) is 4.90 Å². The lowest BCUT2D eigenvalue weighted by Gasteiger charge is -2.23. The Bertz CT molecular complexity index is 681. The van der Waals surface area contributed by atoms with Crippen LogP contribution in [0, 0.1) is 0 Å². The van der Waals surface area contributed by atoms with Crippen LogP contribution in [-0.2, 0) is 16.6 Å². The van der Waals surface area contributed by atoms with Gasteiger partial charge in [0.2, 0.25) is 10.0 Å². The zero-order chi connectivity index (χ0) is 14.8. The Kier molecular flexibility index (Phi) is 4.01. The van der Waals surface area contributed by atoms with E-state index in [0.29, 0.717) is 18.8 Å². The predicted molar refractivity (Wildman–Crippen MR) is 77.7 cm³/mol. The number of nitrogen functional groups attached to an aromatic ring is 1. The fraction of sp³-hybridized carbons (Fsp3) is 0.231. The summed E-state index contributed by atoms with van der Waals surface area (Å²) < 4.78 is 27.9. The highest BCUT2D eigenvalue weighted by atomic mass is 32.2. The first kappa shape index (κ1) is 14.4. The molecule has 0 saturated carbocycles. The fourth-order valence-electron chi connectivity index (χ4n) is 1.96. The van der Waals surface area contributed by atoms with Gasteiger partial charge < -0.3 is 15.1 Å². The largest absolute Gasteiger partial charge is 0.467 e.